The first-order valence-corrected chi connectivity index (χ1v) is 8.02. The Morgan fingerprint density at radius 2 is 1.73 bits per heavy atom. The predicted molar refractivity (Wildman–Crippen MR) is 91.7 cm³/mol. The molecule has 0 bridgehead atoms. The standard InChI is InChI=1S/C19H22N2O/c1-2-15-7-3-4-8-18(15)20-19(22)16-9-11-17(12-10-16)21-13-5-6-14-21/h3-4,7-12H,2,5-6,13-14H2,1H3,(H,20,22). The molecule has 1 aliphatic heterocycles. The van der Waals surface area contributed by atoms with E-state index in [1.54, 1.807) is 0 Å². The second-order valence-electron chi connectivity index (χ2n) is 5.71. The van der Waals surface area contributed by atoms with Gasteiger partial charge in [0.05, 0.1) is 0 Å². The van der Waals surface area contributed by atoms with Crippen molar-refractivity contribution < 1.29 is 4.79 Å². The zero-order valence-corrected chi connectivity index (χ0v) is 13.0. The molecule has 1 saturated heterocycles. The molecule has 0 saturated carbocycles. The highest BCUT2D eigenvalue weighted by molar-refractivity contribution is 6.04. The number of carbonyl (C=O) groups excluding carboxylic acids is 1. The van der Waals surface area contributed by atoms with E-state index in [9.17, 15) is 4.79 Å². The topological polar surface area (TPSA) is 32.3 Å². The van der Waals surface area contributed by atoms with E-state index in [2.05, 4.69) is 17.1 Å². The summed E-state index contributed by atoms with van der Waals surface area (Å²) in [5.41, 5.74) is 3.97. The Labute approximate surface area is 132 Å². The van der Waals surface area contributed by atoms with E-state index in [1.165, 1.54) is 18.5 Å². The molecule has 0 unspecified atom stereocenters. The van der Waals surface area contributed by atoms with Crippen LogP contribution in [0.15, 0.2) is 48.5 Å². The van der Waals surface area contributed by atoms with Crippen LogP contribution in [0.3, 0.4) is 0 Å². The first kappa shape index (κ1) is 14.6. The zero-order chi connectivity index (χ0) is 15.4. The maximum atomic E-state index is 12.4. The molecular formula is C19H22N2O. The maximum Gasteiger partial charge on any atom is 0.255 e. The van der Waals surface area contributed by atoms with E-state index in [-0.39, 0.29) is 5.91 Å². The van der Waals surface area contributed by atoms with Gasteiger partial charge in [-0.15, -0.1) is 0 Å². The minimum atomic E-state index is -0.0473. The lowest BCUT2D eigenvalue weighted by atomic mass is 10.1. The Hall–Kier alpha value is -2.29. The summed E-state index contributed by atoms with van der Waals surface area (Å²) in [4.78, 5) is 14.8. The number of rotatable bonds is 4. The summed E-state index contributed by atoms with van der Waals surface area (Å²) in [7, 11) is 0. The van der Waals surface area contributed by atoms with Crippen molar-refractivity contribution in [1.29, 1.82) is 0 Å². The Kier molecular flexibility index (Phi) is 4.42. The number of para-hydroxylation sites is 1. The summed E-state index contributed by atoms with van der Waals surface area (Å²) < 4.78 is 0. The third kappa shape index (κ3) is 3.14. The average molecular weight is 294 g/mol. The quantitative estimate of drug-likeness (QED) is 0.920. The minimum Gasteiger partial charge on any atom is -0.372 e. The predicted octanol–water partition coefficient (Wildman–Crippen LogP) is 4.10. The summed E-state index contributed by atoms with van der Waals surface area (Å²) in [6.07, 6.45) is 3.43. The summed E-state index contributed by atoms with van der Waals surface area (Å²) in [5, 5.41) is 3.01. The summed E-state index contributed by atoms with van der Waals surface area (Å²) in [5.74, 6) is -0.0473. The van der Waals surface area contributed by atoms with Crippen LogP contribution in [0.1, 0.15) is 35.7 Å². The van der Waals surface area contributed by atoms with Gasteiger partial charge in [0, 0.05) is 30.0 Å². The lowest BCUT2D eigenvalue weighted by Crippen LogP contribution is -2.18. The summed E-state index contributed by atoms with van der Waals surface area (Å²) >= 11 is 0. The normalized spacial score (nSPS) is 14.1. The fourth-order valence-electron chi connectivity index (χ4n) is 2.94. The second kappa shape index (κ2) is 6.65. The molecule has 1 N–H and O–H groups in total. The van der Waals surface area contributed by atoms with Crippen molar-refractivity contribution in [2.24, 2.45) is 0 Å². The van der Waals surface area contributed by atoms with Gasteiger partial charge in [-0.25, -0.2) is 0 Å². The molecule has 0 spiro atoms. The van der Waals surface area contributed by atoms with Gasteiger partial charge in [-0.2, -0.15) is 0 Å². The van der Waals surface area contributed by atoms with Gasteiger partial charge in [-0.05, 0) is 55.2 Å². The second-order valence-corrected chi connectivity index (χ2v) is 5.71. The lowest BCUT2D eigenvalue weighted by molar-refractivity contribution is 0.102. The number of nitrogens with zero attached hydrogens (tertiary/aromatic N) is 1. The van der Waals surface area contributed by atoms with Gasteiger partial charge < -0.3 is 10.2 Å². The summed E-state index contributed by atoms with van der Waals surface area (Å²) in [6.45, 7) is 4.33. The molecule has 0 radical (unpaired) electrons. The molecule has 2 aromatic carbocycles. The van der Waals surface area contributed by atoms with Gasteiger partial charge >= 0.3 is 0 Å². The van der Waals surface area contributed by atoms with Gasteiger partial charge in [0.2, 0.25) is 0 Å². The highest BCUT2D eigenvalue weighted by Gasteiger charge is 2.13. The Morgan fingerprint density at radius 1 is 1.05 bits per heavy atom. The van der Waals surface area contributed by atoms with Crippen LogP contribution in [0.4, 0.5) is 11.4 Å². The fraction of sp³-hybridized carbons (Fsp3) is 0.316. The Morgan fingerprint density at radius 3 is 2.41 bits per heavy atom. The number of carbonyl (C=O) groups is 1. The lowest BCUT2D eigenvalue weighted by Gasteiger charge is -2.17. The molecule has 1 heterocycles. The van der Waals surface area contributed by atoms with Crippen molar-refractivity contribution in [2.75, 3.05) is 23.3 Å². The molecular weight excluding hydrogens is 272 g/mol. The molecule has 1 amide bonds. The molecule has 1 fully saturated rings. The van der Waals surface area contributed by atoms with Crippen LogP contribution in [-0.2, 0) is 6.42 Å². The molecule has 22 heavy (non-hydrogen) atoms. The molecule has 3 nitrogen and oxygen atoms in total. The van der Waals surface area contributed by atoms with Gasteiger partial charge in [0.1, 0.15) is 0 Å². The van der Waals surface area contributed by atoms with E-state index < -0.39 is 0 Å². The largest absolute Gasteiger partial charge is 0.372 e. The number of aryl methyl sites for hydroxylation is 1. The average Bonchev–Trinajstić information content (AvgIpc) is 3.10. The number of hydrogen-bond donors (Lipinski definition) is 1. The van der Waals surface area contributed by atoms with E-state index in [0.717, 1.165) is 30.8 Å². The minimum absolute atomic E-state index is 0.0473. The van der Waals surface area contributed by atoms with Crippen molar-refractivity contribution in [3.05, 3.63) is 59.7 Å². The van der Waals surface area contributed by atoms with Crippen molar-refractivity contribution >= 4 is 17.3 Å². The van der Waals surface area contributed by atoms with Crippen LogP contribution >= 0.6 is 0 Å². The van der Waals surface area contributed by atoms with E-state index in [4.69, 9.17) is 0 Å². The van der Waals surface area contributed by atoms with Crippen LogP contribution in [0.2, 0.25) is 0 Å². The first-order valence-electron chi connectivity index (χ1n) is 8.02. The van der Waals surface area contributed by atoms with Crippen LogP contribution in [-0.4, -0.2) is 19.0 Å². The van der Waals surface area contributed by atoms with Crippen molar-refractivity contribution in [1.82, 2.24) is 0 Å². The monoisotopic (exact) mass is 294 g/mol. The molecule has 0 atom stereocenters. The third-order valence-corrected chi connectivity index (χ3v) is 4.25. The fourth-order valence-corrected chi connectivity index (χ4v) is 2.94. The first-order chi connectivity index (χ1) is 10.8. The van der Waals surface area contributed by atoms with E-state index in [0.29, 0.717) is 5.56 Å². The van der Waals surface area contributed by atoms with Gasteiger partial charge in [-0.3, -0.25) is 4.79 Å². The number of hydrogen-bond acceptors (Lipinski definition) is 2. The number of amides is 1. The smallest absolute Gasteiger partial charge is 0.255 e. The highest BCUT2D eigenvalue weighted by atomic mass is 16.1. The Bertz CT molecular complexity index is 643. The van der Waals surface area contributed by atoms with Gasteiger partial charge in [-0.1, -0.05) is 25.1 Å². The van der Waals surface area contributed by atoms with E-state index >= 15 is 0 Å². The third-order valence-electron chi connectivity index (χ3n) is 4.25. The molecule has 3 heteroatoms. The zero-order valence-electron chi connectivity index (χ0n) is 13.0. The van der Waals surface area contributed by atoms with Crippen molar-refractivity contribution in [2.45, 2.75) is 26.2 Å². The van der Waals surface area contributed by atoms with E-state index in [1.807, 2.05) is 48.5 Å². The number of anilines is 2. The highest BCUT2D eigenvalue weighted by Crippen LogP contribution is 2.21. The van der Waals surface area contributed by atoms with Crippen LogP contribution in [0.25, 0.3) is 0 Å². The van der Waals surface area contributed by atoms with Crippen LogP contribution in [0, 0.1) is 0 Å². The Balaban J connectivity index is 1.72. The van der Waals surface area contributed by atoms with Gasteiger partial charge in [0.15, 0.2) is 0 Å². The number of nitrogens with one attached hydrogen (secondary N) is 1. The van der Waals surface area contributed by atoms with Crippen molar-refractivity contribution in [3.63, 3.8) is 0 Å². The molecule has 2 aromatic rings. The van der Waals surface area contributed by atoms with Crippen LogP contribution < -0.4 is 10.2 Å². The molecule has 0 aliphatic carbocycles. The summed E-state index contributed by atoms with van der Waals surface area (Å²) in [6, 6.07) is 15.9. The van der Waals surface area contributed by atoms with Crippen LogP contribution in [0.5, 0.6) is 0 Å². The molecule has 0 aromatic heterocycles. The molecule has 3 rings (SSSR count). The molecule has 114 valence electrons. The number of benzene rings is 2. The maximum absolute atomic E-state index is 12.4. The SMILES string of the molecule is CCc1ccccc1NC(=O)c1ccc(N2CCCC2)cc1. The van der Waals surface area contributed by atoms with Crippen molar-refractivity contribution in [3.8, 4) is 0 Å². The van der Waals surface area contributed by atoms with Gasteiger partial charge in [0.25, 0.3) is 5.91 Å². The molecule has 1 aliphatic rings.